The van der Waals surface area contributed by atoms with Crippen molar-refractivity contribution in [2.75, 3.05) is 68.8 Å². The molecule has 3 aromatic carbocycles. The highest BCUT2D eigenvalue weighted by atomic mass is 19.1. The molecule has 0 aromatic heterocycles. The molecule has 4 saturated heterocycles. The molecule has 0 bridgehead atoms. The van der Waals surface area contributed by atoms with E-state index < -0.39 is 6.04 Å². The third kappa shape index (κ3) is 7.21. The quantitative estimate of drug-likeness (QED) is 0.308. The van der Waals surface area contributed by atoms with Gasteiger partial charge in [-0.3, -0.25) is 24.6 Å². The van der Waals surface area contributed by atoms with E-state index in [4.69, 9.17) is 4.74 Å². The van der Waals surface area contributed by atoms with E-state index in [-0.39, 0.29) is 41.6 Å². The van der Waals surface area contributed by atoms with E-state index in [0.717, 1.165) is 131 Å². The van der Waals surface area contributed by atoms with Crippen LogP contribution < -0.4 is 15.1 Å². The van der Waals surface area contributed by atoms with E-state index in [1.54, 1.807) is 17.0 Å². The van der Waals surface area contributed by atoms with Crippen LogP contribution in [-0.4, -0.2) is 97.7 Å². The number of imide groups is 1. The number of phenolic OH excluding ortho intramolecular Hbond substituents is 1. The van der Waals surface area contributed by atoms with Crippen molar-refractivity contribution < 1.29 is 28.6 Å². The molecule has 5 aliphatic heterocycles. The van der Waals surface area contributed by atoms with Gasteiger partial charge in [-0.15, -0.1) is 0 Å². The number of ether oxygens (including phenoxy) is 1. The van der Waals surface area contributed by atoms with Gasteiger partial charge in [0.1, 0.15) is 17.6 Å². The summed E-state index contributed by atoms with van der Waals surface area (Å²) in [4.78, 5) is 46.2. The predicted molar refractivity (Wildman–Crippen MR) is 208 cm³/mol. The third-order valence-corrected chi connectivity index (χ3v) is 13.6. The van der Waals surface area contributed by atoms with Gasteiger partial charge < -0.3 is 24.5 Å². The van der Waals surface area contributed by atoms with Crippen molar-refractivity contribution in [3.8, 4) is 5.75 Å². The predicted octanol–water partition coefficient (Wildman–Crippen LogP) is 5.45. The molecule has 3 aromatic rings. The Kier molecular flexibility index (Phi) is 10.0. The molecule has 0 saturated carbocycles. The topological polar surface area (TPSA) is 106 Å². The monoisotopic (exact) mass is 749 g/mol. The number of nitrogens with zero attached hydrogens (tertiary/aromatic N) is 4. The van der Waals surface area contributed by atoms with Gasteiger partial charge in [-0.05, 0) is 127 Å². The number of amides is 3. The van der Waals surface area contributed by atoms with Gasteiger partial charge in [0, 0.05) is 94.8 Å². The molecular weight excluding hydrogens is 698 g/mol. The fourth-order valence-electron chi connectivity index (χ4n) is 10.5. The van der Waals surface area contributed by atoms with Crippen molar-refractivity contribution in [2.24, 2.45) is 17.8 Å². The Bertz CT molecular complexity index is 1950. The van der Waals surface area contributed by atoms with Gasteiger partial charge in [0.05, 0.1) is 0 Å². The van der Waals surface area contributed by atoms with Crippen molar-refractivity contribution in [3.05, 3.63) is 88.2 Å². The van der Waals surface area contributed by atoms with Crippen LogP contribution in [0, 0.1) is 23.6 Å². The number of phenols is 1. The number of anilines is 2. The van der Waals surface area contributed by atoms with Gasteiger partial charge in [0.2, 0.25) is 11.8 Å². The third-order valence-electron chi connectivity index (χ3n) is 13.6. The normalized spacial score (nSPS) is 25.6. The number of aromatic hydroxyl groups is 1. The Morgan fingerprint density at radius 1 is 0.745 bits per heavy atom. The number of hydrogen-bond acceptors (Lipinski definition) is 8. The van der Waals surface area contributed by atoms with Crippen molar-refractivity contribution in [1.82, 2.24) is 15.1 Å². The lowest BCUT2D eigenvalue weighted by atomic mass is 9.65. The van der Waals surface area contributed by atoms with E-state index in [1.807, 2.05) is 30.3 Å². The SMILES string of the molecule is O=C1CCC(N2Cc3cc(N4CCN(CC5CCN(c6ccc([C@@H]7c8ccc(O)cc8CC[C@@H]7C7CCOCC7)c(F)c6)CC5)CC4)ccc3C2=O)C(=O)N1. The Morgan fingerprint density at radius 3 is 2.24 bits per heavy atom. The standard InChI is InChI=1S/C44H52FN5O5/c45-39-25-33(3-7-38(39)42-35(29-13-21-55-22-14-29)5-1-30-24-34(51)4-8-36(30)42)48-15-11-28(12-16-48)26-47-17-19-49(20-18-47)32-2-6-37-31(23-32)27-50(44(37)54)40-9-10-41(52)46-43(40)53/h2-4,6-8,23-25,28-29,35,40,42,51H,1,5,9-22,26-27H2,(H,46,52,53)/t35-,40?,42+/m1/s1. The van der Waals surface area contributed by atoms with E-state index in [2.05, 4.69) is 32.1 Å². The molecule has 9 rings (SSSR count). The summed E-state index contributed by atoms with van der Waals surface area (Å²) >= 11 is 0. The van der Waals surface area contributed by atoms with Crippen LogP contribution in [-0.2, 0) is 27.3 Å². The molecule has 0 radical (unpaired) electrons. The maximum Gasteiger partial charge on any atom is 0.255 e. The van der Waals surface area contributed by atoms with Crippen LogP contribution in [0.3, 0.4) is 0 Å². The number of piperazine rings is 1. The van der Waals surface area contributed by atoms with E-state index in [0.29, 0.717) is 36.3 Å². The summed E-state index contributed by atoms with van der Waals surface area (Å²) in [5.74, 6) is 0.807. The molecule has 290 valence electrons. The first-order valence-corrected chi connectivity index (χ1v) is 20.5. The number of hydrogen-bond donors (Lipinski definition) is 2. The van der Waals surface area contributed by atoms with Crippen LogP contribution in [0.1, 0.15) is 83.5 Å². The molecule has 11 heteroatoms. The first-order chi connectivity index (χ1) is 26.8. The molecule has 3 atom stereocenters. The van der Waals surface area contributed by atoms with Crippen molar-refractivity contribution in [2.45, 2.75) is 69.9 Å². The summed E-state index contributed by atoms with van der Waals surface area (Å²) in [6.45, 7) is 8.63. The maximum atomic E-state index is 16.3. The van der Waals surface area contributed by atoms with Crippen LogP contribution in [0.4, 0.5) is 15.8 Å². The number of benzene rings is 3. The van der Waals surface area contributed by atoms with E-state index in [1.165, 1.54) is 0 Å². The van der Waals surface area contributed by atoms with Gasteiger partial charge >= 0.3 is 0 Å². The fraction of sp³-hybridized carbons (Fsp3) is 0.523. The minimum absolute atomic E-state index is 0.0186. The number of aryl methyl sites for hydroxylation is 1. The Balaban J connectivity index is 0.787. The summed E-state index contributed by atoms with van der Waals surface area (Å²) < 4.78 is 22.0. The zero-order valence-electron chi connectivity index (χ0n) is 31.6. The molecule has 3 amide bonds. The van der Waals surface area contributed by atoms with Crippen molar-refractivity contribution >= 4 is 29.1 Å². The van der Waals surface area contributed by atoms with Gasteiger partial charge in [0.25, 0.3) is 5.91 Å². The van der Waals surface area contributed by atoms with Crippen molar-refractivity contribution in [1.29, 1.82) is 0 Å². The molecule has 55 heavy (non-hydrogen) atoms. The molecule has 1 unspecified atom stereocenters. The van der Waals surface area contributed by atoms with Gasteiger partial charge in [-0.25, -0.2) is 4.39 Å². The summed E-state index contributed by atoms with van der Waals surface area (Å²) in [6, 6.07) is 17.0. The lowest BCUT2D eigenvalue weighted by molar-refractivity contribution is -0.136. The molecule has 10 nitrogen and oxygen atoms in total. The number of carbonyl (C=O) groups is 3. The van der Waals surface area contributed by atoms with Crippen molar-refractivity contribution in [3.63, 3.8) is 0 Å². The molecule has 0 spiro atoms. The van der Waals surface area contributed by atoms with Gasteiger partial charge in [-0.1, -0.05) is 12.1 Å². The highest BCUT2D eigenvalue weighted by molar-refractivity contribution is 6.05. The number of nitrogens with one attached hydrogen (secondary N) is 1. The second-order valence-electron chi connectivity index (χ2n) is 16.7. The first-order valence-electron chi connectivity index (χ1n) is 20.5. The Hall–Kier alpha value is -4.48. The molecule has 5 heterocycles. The largest absolute Gasteiger partial charge is 0.508 e. The minimum atomic E-state index is -0.601. The highest BCUT2D eigenvalue weighted by Gasteiger charge is 2.40. The maximum absolute atomic E-state index is 16.3. The second kappa shape index (κ2) is 15.2. The number of rotatable bonds is 7. The number of piperidine rings is 2. The van der Waals surface area contributed by atoms with Gasteiger partial charge in [0.15, 0.2) is 0 Å². The lowest BCUT2D eigenvalue weighted by Gasteiger charge is -2.41. The van der Waals surface area contributed by atoms with Crippen LogP contribution in [0.5, 0.6) is 5.75 Å². The smallest absolute Gasteiger partial charge is 0.255 e. The fourth-order valence-corrected chi connectivity index (χ4v) is 10.5. The number of fused-ring (bicyclic) bond motifs is 2. The number of halogens is 1. The minimum Gasteiger partial charge on any atom is -0.508 e. The molecule has 2 N–H and O–H groups in total. The first kappa shape index (κ1) is 36.2. The Morgan fingerprint density at radius 2 is 1.47 bits per heavy atom. The zero-order valence-corrected chi connectivity index (χ0v) is 31.6. The second-order valence-corrected chi connectivity index (χ2v) is 16.7. The summed E-state index contributed by atoms with van der Waals surface area (Å²) in [5.41, 5.74) is 6.74. The van der Waals surface area contributed by atoms with Crippen LogP contribution in [0.2, 0.25) is 0 Å². The summed E-state index contributed by atoms with van der Waals surface area (Å²) in [5, 5.41) is 12.6. The molecule has 1 aliphatic carbocycles. The average Bonchev–Trinajstić information content (AvgIpc) is 3.53. The average molecular weight is 750 g/mol. The molecule has 6 aliphatic rings. The number of carbonyl (C=O) groups excluding carboxylic acids is 3. The lowest BCUT2D eigenvalue weighted by Crippen LogP contribution is -2.52. The summed E-state index contributed by atoms with van der Waals surface area (Å²) in [6.07, 6.45) is 6.73. The molecular formula is C44H52FN5O5. The zero-order chi connectivity index (χ0) is 37.6. The Labute approximate surface area is 322 Å². The van der Waals surface area contributed by atoms with Crippen LogP contribution in [0.25, 0.3) is 0 Å². The summed E-state index contributed by atoms with van der Waals surface area (Å²) in [7, 11) is 0. The van der Waals surface area contributed by atoms with Crippen LogP contribution in [0.15, 0.2) is 54.6 Å². The molecule has 4 fully saturated rings. The van der Waals surface area contributed by atoms with Gasteiger partial charge in [-0.2, -0.15) is 0 Å². The van der Waals surface area contributed by atoms with E-state index in [9.17, 15) is 19.5 Å². The highest BCUT2D eigenvalue weighted by Crippen LogP contribution is 2.48. The van der Waals surface area contributed by atoms with Crippen LogP contribution >= 0.6 is 0 Å². The van der Waals surface area contributed by atoms with E-state index >= 15 is 4.39 Å².